The van der Waals surface area contributed by atoms with E-state index in [4.69, 9.17) is 0 Å². The van der Waals surface area contributed by atoms with E-state index in [1.165, 1.54) is 23.2 Å². The summed E-state index contributed by atoms with van der Waals surface area (Å²) in [5.41, 5.74) is 5.24. The summed E-state index contributed by atoms with van der Waals surface area (Å²) in [6.45, 7) is 4.46. The van der Waals surface area contributed by atoms with Gasteiger partial charge in [0, 0.05) is 42.6 Å². The number of allylic oxidation sites excluding steroid dienone is 1. The molecule has 0 bridgehead atoms. The number of hydrogen-bond acceptors (Lipinski definition) is 2. The number of nitrogens with zero attached hydrogens (tertiary/aromatic N) is 3. The van der Waals surface area contributed by atoms with Gasteiger partial charge < -0.3 is 14.4 Å². The van der Waals surface area contributed by atoms with E-state index in [0.717, 1.165) is 56.3 Å². The molecule has 3 heterocycles. The molecule has 1 aromatic heterocycles. The molecule has 0 aliphatic carbocycles. The Morgan fingerprint density at radius 3 is 2.73 bits per heavy atom. The van der Waals surface area contributed by atoms with Gasteiger partial charge in [-0.15, -0.1) is 0 Å². The van der Waals surface area contributed by atoms with Crippen LogP contribution in [0.25, 0.3) is 10.9 Å². The van der Waals surface area contributed by atoms with Crippen LogP contribution >= 0.6 is 0 Å². The number of fused-ring (bicyclic) bond motifs is 2. The highest BCUT2D eigenvalue weighted by Crippen LogP contribution is 2.34. The van der Waals surface area contributed by atoms with Gasteiger partial charge in [-0.05, 0) is 86.6 Å². The lowest BCUT2D eigenvalue weighted by Gasteiger charge is -2.33. The van der Waals surface area contributed by atoms with Crippen molar-refractivity contribution in [2.24, 2.45) is 7.05 Å². The Labute approximate surface area is 178 Å². The molecular formula is C26H30FN3. The van der Waals surface area contributed by atoms with Crippen molar-refractivity contribution in [3.05, 3.63) is 77.9 Å². The third-order valence-electron chi connectivity index (χ3n) is 6.81. The summed E-state index contributed by atoms with van der Waals surface area (Å²) in [5.74, 6) is 0.393. The van der Waals surface area contributed by atoms with Crippen LogP contribution in [0, 0.1) is 5.82 Å². The maximum Gasteiger partial charge on any atom is 0.123 e. The molecule has 3 aromatic rings. The standard InChI is InChI=1S/C26H30FN3/c1-28-19-24(23-18-22(27)9-10-26(23)28)20-11-16-29(17-12-20)13-5-15-30-14-4-7-21-6-2-3-8-25(21)30/h2-4,6,8-10,14,18-20H,5,7,11-13,15-17H2,1H3. The monoisotopic (exact) mass is 403 g/mol. The van der Waals surface area contributed by atoms with Crippen molar-refractivity contribution >= 4 is 16.6 Å². The van der Waals surface area contributed by atoms with Crippen molar-refractivity contribution < 1.29 is 4.39 Å². The number of aryl methyl sites for hydroxylation is 1. The Hall–Kier alpha value is -2.59. The fourth-order valence-corrected chi connectivity index (χ4v) is 5.20. The molecule has 1 fully saturated rings. The van der Waals surface area contributed by atoms with Crippen molar-refractivity contribution in [2.45, 2.75) is 31.6 Å². The largest absolute Gasteiger partial charge is 0.350 e. The van der Waals surface area contributed by atoms with Crippen LogP contribution in [0.4, 0.5) is 10.1 Å². The fourth-order valence-electron chi connectivity index (χ4n) is 5.20. The molecule has 2 aliphatic heterocycles. The second kappa shape index (κ2) is 8.27. The van der Waals surface area contributed by atoms with Crippen molar-refractivity contribution in [2.75, 3.05) is 31.1 Å². The van der Waals surface area contributed by atoms with Crippen LogP contribution in [0.1, 0.15) is 36.3 Å². The van der Waals surface area contributed by atoms with Crippen molar-refractivity contribution in [1.82, 2.24) is 9.47 Å². The number of aromatic nitrogens is 1. The minimum Gasteiger partial charge on any atom is -0.350 e. The highest BCUT2D eigenvalue weighted by Gasteiger charge is 2.23. The molecule has 4 heteroatoms. The predicted octanol–water partition coefficient (Wildman–Crippen LogP) is 5.46. The first-order valence-electron chi connectivity index (χ1n) is 11.2. The molecule has 0 atom stereocenters. The van der Waals surface area contributed by atoms with Gasteiger partial charge in [-0.3, -0.25) is 0 Å². The van der Waals surface area contributed by atoms with Gasteiger partial charge in [-0.2, -0.15) is 0 Å². The van der Waals surface area contributed by atoms with Gasteiger partial charge >= 0.3 is 0 Å². The zero-order valence-electron chi connectivity index (χ0n) is 17.7. The molecule has 2 aromatic carbocycles. The normalized spacial score (nSPS) is 17.6. The maximum absolute atomic E-state index is 13.8. The minimum absolute atomic E-state index is 0.138. The van der Waals surface area contributed by atoms with E-state index in [-0.39, 0.29) is 5.82 Å². The van der Waals surface area contributed by atoms with Gasteiger partial charge in [0.2, 0.25) is 0 Å². The van der Waals surface area contributed by atoms with E-state index >= 15 is 0 Å². The molecule has 0 radical (unpaired) electrons. The first-order valence-corrected chi connectivity index (χ1v) is 11.2. The van der Waals surface area contributed by atoms with E-state index in [1.54, 1.807) is 12.1 Å². The van der Waals surface area contributed by atoms with Crippen LogP contribution in [0.2, 0.25) is 0 Å². The van der Waals surface area contributed by atoms with Crippen molar-refractivity contribution in [3.8, 4) is 0 Å². The summed E-state index contributed by atoms with van der Waals surface area (Å²) in [4.78, 5) is 5.00. The molecule has 0 saturated carbocycles. The first kappa shape index (κ1) is 19.4. The number of rotatable bonds is 5. The minimum atomic E-state index is -0.138. The van der Waals surface area contributed by atoms with Gasteiger partial charge in [-0.1, -0.05) is 24.3 Å². The lowest BCUT2D eigenvalue weighted by molar-refractivity contribution is 0.211. The fraction of sp³-hybridized carbons (Fsp3) is 0.385. The highest BCUT2D eigenvalue weighted by atomic mass is 19.1. The number of para-hydroxylation sites is 1. The lowest BCUT2D eigenvalue weighted by atomic mass is 9.89. The Morgan fingerprint density at radius 2 is 1.87 bits per heavy atom. The maximum atomic E-state index is 13.8. The van der Waals surface area contributed by atoms with Crippen LogP contribution in [0.15, 0.2) is 60.9 Å². The zero-order chi connectivity index (χ0) is 20.5. The van der Waals surface area contributed by atoms with E-state index in [1.807, 2.05) is 6.07 Å². The number of piperidine rings is 1. The van der Waals surface area contributed by atoms with Gasteiger partial charge in [-0.25, -0.2) is 4.39 Å². The number of benzene rings is 2. The molecule has 1 saturated heterocycles. The molecule has 0 amide bonds. The molecule has 5 rings (SSSR count). The van der Waals surface area contributed by atoms with Gasteiger partial charge in [0.1, 0.15) is 5.82 Å². The molecular weight excluding hydrogens is 373 g/mol. The van der Waals surface area contributed by atoms with Crippen LogP contribution in [0.3, 0.4) is 0 Å². The molecule has 30 heavy (non-hydrogen) atoms. The Morgan fingerprint density at radius 1 is 1.03 bits per heavy atom. The van der Waals surface area contributed by atoms with E-state index in [2.05, 4.69) is 64.2 Å². The third-order valence-corrected chi connectivity index (χ3v) is 6.81. The zero-order valence-corrected chi connectivity index (χ0v) is 17.7. The molecule has 0 spiro atoms. The second-order valence-corrected chi connectivity index (χ2v) is 8.74. The molecule has 3 nitrogen and oxygen atoms in total. The predicted molar refractivity (Wildman–Crippen MR) is 123 cm³/mol. The molecule has 0 unspecified atom stereocenters. The van der Waals surface area contributed by atoms with Crippen molar-refractivity contribution in [3.63, 3.8) is 0 Å². The quantitative estimate of drug-likeness (QED) is 0.560. The summed E-state index contributed by atoms with van der Waals surface area (Å²) in [5, 5.41) is 1.09. The Bertz CT molecular complexity index is 1060. The smallest absolute Gasteiger partial charge is 0.123 e. The first-order chi connectivity index (χ1) is 14.7. The Balaban J connectivity index is 1.16. The summed E-state index contributed by atoms with van der Waals surface area (Å²) >= 11 is 0. The summed E-state index contributed by atoms with van der Waals surface area (Å²) < 4.78 is 16.0. The van der Waals surface area contributed by atoms with E-state index < -0.39 is 0 Å². The molecule has 156 valence electrons. The highest BCUT2D eigenvalue weighted by molar-refractivity contribution is 5.84. The molecule has 0 N–H and O–H groups in total. The van der Waals surface area contributed by atoms with Gasteiger partial charge in [0.15, 0.2) is 0 Å². The van der Waals surface area contributed by atoms with Crippen LogP contribution in [-0.2, 0) is 13.5 Å². The molecule has 2 aliphatic rings. The average molecular weight is 404 g/mol. The number of likely N-dealkylation sites (tertiary alicyclic amines) is 1. The summed E-state index contributed by atoms with van der Waals surface area (Å²) in [6.07, 6.45) is 11.2. The topological polar surface area (TPSA) is 11.4 Å². The number of halogens is 1. The van der Waals surface area contributed by atoms with Crippen LogP contribution < -0.4 is 4.90 Å². The number of hydrogen-bond donors (Lipinski definition) is 0. The summed E-state index contributed by atoms with van der Waals surface area (Å²) in [6, 6.07) is 13.9. The van der Waals surface area contributed by atoms with Crippen LogP contribution in [-0.4, -0.2) is 35.6 Å². The Kier molecular flexibility index (Phi) is 5.34. The second-order valence-electron chi connectivity index (χ2n) is 8.74. The summed E-state index contributed by atoms with van der Waals surface area (Å²) in [7, 11) is 2.06. The SMILES string of the molecule is Cn1cc(C2CCN(CCCN3C=CCc4ccccc43)CC2)c2cc(F)ccc21. The van der Waals surface area contributed by atoms with Gasteiger partial charge in [0.05, 0.1) is 0 Å². The van der Waals surface area contributed by atoms with E-state index in [9.17, 15) is 4.39 Å². The average Bonchev–Trinajstić information content (AvgIpc) is 3.10. The third kappa shape index (κ3) is 3.77. The lowest BCUT2D eigenvalue weighted by Crippen LogP contribution is -2.35. The van der Waals surface area contributed by atoms with Gasteiger partial charge in [0.25, 0.3) is 0 Å². The van der Waals surface area contributed by atoms with Crippen LogP contribution in [0.5, 0.6) is 0 Å². The van der Waals surface area contributed by atoms with Crippen molar-refractivity contribution in [1.29, 1.82) is 0 Å². The number of anilines is 1. The van der Waals surface area contributed by atoms with E-state index in [0.29, 0.717) is 5.92 Å².